The monoisotopic (exact) mass is 436 g/mol. The van der Waals surface area contributed by atoms with E-state index in [0.29, 0.717) is 5.02 Å². The van der Waals surface area contributed by atoms with E-state index < -0.39 is 23.8 Å². The van der Waals surface area contributed by atoms with Gasteiger partial charge in [0.1, 0.15) is 5.82 Å². The second-order valence-electron chi connectivity index (χ2n) is 7.38. The number of carbonyl (C=O) groups excluding carboxylic acids is 2. The number of carbonyl (C=O) groups is 2. The van der Waals surface area contributed by atoms with E-state index in [9.17, 15) is 14.0 Å². The van der Waals surface area contributed by atoms with Crippen LogP contribution in [-0.4, -0.2) is 28.8 Å². The first-order chi connectivity index (χ1) is 14.9. The van der Waals surface area contributed by atoms with Gasteiger partial charge in [0.15, 0.2) is 6.04 Å². The molecule has 5 nitrogen and oxygen atoms in total. The lowest BCUT2D eigenvalue weighted by molar-refractivity contribution is -0.596. The zero-order valence-electron chi connectivity index (χ0n) is 16.7. The average molecular weight is 437 g/mol. The van der Waals surface area contributed by atoms with E-state index in [4.69, 9.17) is 11.6 Å². The molecule has 7 heteroatoms. The molecule has 1 aliphatic rings. The first-order valence-corrected chi connectivity index (χ1v) is 10.1. The normalized spacial score (nSPS) is 19.3. The van der Waals surface area contributed by atoms with Crippen molar-refractivity contribution in [3.8, 4) is 0 Å². The number of nitrogens with one attached hydrogen (secondary N) is 2. The molecule has 0 bridgehead atoms. The molecule has 3 aromatic rings. The summed E-state index contributed by atoms with van der Waals surface area (Å²) in [6, 6.07) is 18.8. The van der Waals surface area contributed by atoms with Crippen LogP contribution in [0.25, 0.3) is 0 Å². The highest BCUT2D eigenvalue weighted by Crippen LogP contribution is 2.26. The second-order valence-corrected chi connectivity index (χ2v) is 7.81. The molecule has 2 amide bonds. The van der Waals surface area contributed by atoms with Gasteiger partial charge in [0, 0.05) is 21.7 Å². The summed E-state index contributed by atoms with van der Waals surface area (Å²) in [4.78, 5) is 25.6. The van der Waals surface area contributed by atoms with E-state index in [-0.39, 0.29) is 11.5 Å². The summed E-state index contributed by atoms with van der Waals surface area (Å²) in [7, 11) is 0. The third-order valence-electron chi connectivity index (χ3n) is 5.11. The van der Waals surface area contributed by atoms with Crippen molar-refractivity contribution in [3.05, 3.63) is 106 Å². The minimum absolute atomic E-state index is 0.275. The summed E-state index contributed by atoms with van der Waals surface area (Å²) >= 11 is 5.97. The zero-order chi connectivity index (χ0) is 22.0. The molecule has 0 unspecified atom stereocenters. The average Bonchev–Trinajstić information content (AvgIpc) is 3.05. The van der Waals surface area contributed by atoms with E-state index in [1.165, 1.54) is 24.3 Å². The molecule has 1 fully saturated rings. The molecule has 0 radical (unpaired) electrons. The molecule has 1 heterocycles. The fourth-order valence-electron chi connectivity index (χ4n) is 3.48. The molecule has 2 atom stereocenters. The molecular formula is C24H20ClFN3O2+. The smallest absolute Gasteiger partial charge is 0.304 e. The number of amides is 2. The van der Waals surface area contributed by atoms with Gasteiger partial charge in [0.25, 0.3) is 5.91 Å². The molecule has 31 heavy (non-hydrogen) atoms. The predicted molar refractivity (Wildman–Crippen MR) is 117 cm³/mol. The van der Waals surface area contributed by atoms with Crippen LogP contribution in [0.4, 0.5) is 4.39 Å². The maximum Gasteiger partial charge on any atom is 0.304 e. The fourth-order valence-corrected chi connectivity index (χ4v) is 3.61. The Morgan fingerprint density at radius 1 is 1.03 bits per heavy atom. The quantitative estimate of drug-likeness (QED) is 0.611. The lowest BCUT2D eigenvalue weighted by atomic mass is 9.98. The van der Waals surface area contributed by atoms with Gasteiger partial charge in [-0.3, -0.25) is 9.59 Å². The molecule has 0 aliphatic carbocycles. The number of hydrogen-bond acceptors (Lipinski definition) is 2. The van der Waals surface area contributed by atoms with E-state index >= 15 is 0 Å². The van der Waals surface area contributed by atoms with E-state index in [1.54, 1.807) is 23.0 Å². The van der Waals surface area contributed by atoms with Gasteiger partial charge in [-0.25, -0.2) is 4.39 Å². The molecule has 1 aliphatic heterocycles. The standard InChI is InChI=1S/C24H19ClFN3O2/c1-15-2-6-17(7-3-15)22-21(27-23(30)18-8-12-20(26)13-9-18)24(31)28-29(22)14-16-4-10-19(25)11-5-16/h2-14,21-22H,1H3,(H-,27,28,30,31)/p+1/b29-14-/t21-,22-/m1/s1. The number of benzene rings is 3. The third-order valence-corrected chi connectivity index (χ3v) is 5.36. The van der Waals surface area contributed by atoms with Gasteiger partial charge in [0.2, 0.25) is 12.3 Å². The summed E-state index contributed by atoms with van der Waals surface area (Å²) in [5.41, 5.74) is 5.89. The van der Waals surface area contributed by atoms with Crippen molar-refractivity contribution in [2.24, 2.45) is 0 Å². The highest BCUT2D eigenvalue weighted by atomic mass is 35.5. The SMILES string of the molecule is Cc1ccc([C@@H]2[C@@H](NC(=O)c3ccc(F)cc3)C(=O)N/[N+]2=C\c2ccc(Cl)cc2)cc1. The van der Waals surface area contributed by atoms with Gasteiger partial charge in [0.05, 0.1) is 0 Å². The van der Waals surface area contributed by atoms with Gasteiger partial charge in [-0.15, -0.1) is 10.1 Å². The Bertz CT molecular complexity index is 1140. The van der Waals surface area contributed by atoms with Crippen LogP contribution in [0.1, 0.15) is 33.1 Å². The van der Waals surface area contributed by atoms with Gasteiger partial charge in [-0.1, -0.05) is 41.4 Å². The molecule has 3 aromatic carbocycles. The molecule has 0 aromatic heterocycles. The van der Waals surface area contributed by atoms with Crippen molar-refractivity contribution in [2.75, 3.05) is 0 Å². The Morgan fingerprint density at radius 3 is 2.32 bits per heavy atom. The summed E-state index contributed by atoms with van der Waals surface area (Å²) < 4.78 is 14.9. The van der Waals surface area contributed by atoms with E-state index in [0.717, 1.165) is 16.7 Å². The van der Waals surface area contributed by atoms with Crippen molar-refractivity contribution >= 4 is 29.6 Å². The minimum atomic E-state index is -0.844. The number of rotatable bonds is 4. The topological polar surface area (TPSA) is 61.2 Å². The Hall–Kier alpha value is -3.51. The summed E-state index contributed by atoms with van der Waals surface area (Å²) in [5.74, 6) is -1.23. The van der Waals surface area contributed by atoms with Crippen molar-refractivity contribution in [1.82, 2.24) is 10.7 Å². The summed E-state index contributed by atoms with van der Waals surface area (Å²) in [6.45, 7) is 1.98. The van der Waals surface area contributed by atoms with Crippen LogP contribution in [0.15, 0.2) is 72.8 Å². The van der Waals surface area contributed by atoms with Crippen LogP contribution in [0.5, 0.6) is 0 Å². The van der Waals surface area contributed by atoms with Crippen LogP contribution < -0.4 is 10.7 Å². The maximum absolute atomic E-state index is 13.2. The molecule has 4 rings (SSSR count). The second kappa shape index (κ2) is 8.70. The van der Waals surface area contributed by atoms with E-state index in [2.05, 4.69) is 10.7 Å². The van der Waals surface area contributed by atoms with Gasteiger partial charge in [-0.2, -0.15) is 0 Å². The van der Waals surface area contributed by atoms with Crippen molar-refractivity contribution in [2.45, 2.75) is 19.0 Å². The van der Waals surface area contributed by atoms with E-state index in [1.807, 2.05) is 43.3 Å². The molecular weight excluding hydrogens is 417 g/mol. The molecule has 156 valence electrons. The number of hydrazone groups is 1. The fraction of sp³-hybridized carbons (Fsp3) is 0.125. The van der Waals surface area contributed by atoms with Gasteiger partial charge < -0.3 is 5.32 Å². The molecule has 1 saturated heterocycles. The van der Waals surface area contributed by atoms with Crippen LogP contribution >= 0.6 is 11.6 Å². The Morgan fingerprint density at radius 2 is 1.68 bits per heavy atom. The van der Waals surface area contributed by atoms with Crippen molar-refractivity contribution in [3.63, 3.8) is 0 Å². The summed E-state index contributed by atoms with van der Waals surface area (Å²) in [5, 5.41) is 3.41. The molecule has 2 N–H and O–H groups in total. The van der Waals surface area contributed by atoms with Crippen LogP contribution in [-0.2, 0) is 4.79 Å². The molecule has 0 spiro atoms. The number of nitrogens with zero attached hydrogens (tertiary/aromatic N) is 1. The summed E-state index contributed by atoms with van der Waals surface area (Å²) in [6.07, 6.45) is 1.79. The van der Waals surface area contributed by atoms with Crippen molar-refractivity contribution in [1.29, 1.82) is 0 Å². The highest BCUT2D eigenvalue weighted by Gasteiger charge is 2.47. The van der Waals surface area contributed by atoms with Crippen molar-refractivity contribution < 1.29 is 18.7 Å². The lowest BCUT2D eigenvalue weighted by Gasteiger charge is -2.15. The lowest BCUT2D eigenvalue weighted by Crippen LogP contribution is -2.42. The Balaban J connectivity index is 1.69. The predicted octanol–water partition coefficient (Wildman–Crippen LogP) is 3.80. The van der Waals surface area contributed by atoms with Gasteiger partial charge in [-0.05, 0) is 55.5 Å². The number of aryl methyl sites for hydroxylation is 1. The van der Waals surface area contributed by atoms with Crippen LogP contribution in [0.2, 0.25) is 5.02 Å². The third kappa shape index (κ3) is 4.64. The Labute approximate surface area is 184 Å². The largest absolute Gasteiger partial charge is 0.334 e. The maximum atomic E-state index is 13.2. The van der Waals surface area contributed by atoms with Crippen LogP contribution in [0, 0.1) is 12.7 Å². The number of hydrazine groups is 1. The van der Waals surface area contributed by atoms with Crippen LogP contribution in [0.3, 0.4) is 0 Å². The minimum Gasteiger partial charge on any atom is -0.334 e. The first-order valence-electron chi connectivity index (χ1n) is 9.73. The number of halogens is 2. The molecule has 0 saturated carbocycles. The Kier molecular flexibility index (Phi) is 5.82. The van der Waals surface area contributed by atoms with Gasteiger partial charge >= 0.3 is 5.91 Å². The first kappa shape index (κ1) is 20.8. The number of hydrogen-bond donors (Lipinski definition) is 2. The zero-order valence-corrected chi connectivity index (χ0v) is 17.4. The highest BCUT2D eigenvalue weighted by molar-refractivity contribution is 6.30.